The first-order valence-corrected chi connectivity index (χ1v) is 9.85. The molecule has 0 spiro atoms. The molecule has 0 radical (unpaired) electrons. The monoisotopic (exact) mass is 430 g/mol. The third-order valence-corrected chi connectivity index (χ3v) is 5.35. The number of ether oxygens (including phenoxy) is 1. The van der Waals surface area contributed by atoms with Crippen LogP contribution in [0.3, 0.4) is 0 Å². The van der Waals surface area contributed by atoms with Gasteiger partial charge in [0.2, 0.25) is 0 Å². The van der Waals surface area contributed by atoms with Crippen molar-refractivity contribution >= 4 is 23.2 Å². The maximum Gasteiger partial charge on any atom is 0.177 e. The number of benzene rings is 2. The van der Waals surface area contributed by atoms with Gasteiger partial charge in [0.05, 0.1) is 21.7 Å². The Bertz CT molecular complexity index is 1130. The summed E-state index contributed by atoms with van der Waals surface area (Å²) in [5.41, 5.74) is 0.298. The Balaban J connectivity index is 1.76. The summed E-state index contributed by atoms with van der Waals surface area (Å²) < 4.78 is 21.5. The van der Waals surface area contributed by atoms with Crippen molar-refractivity contribution in [2.75, 3.05) is 0 Å². The highest BCUT2D eigenvalue weighted by Gasteiger charge is 2.38. The van der Waals surface area contributed by atoms with Crippen LogP contribution >= 0.6 is 23.2 Å². The van der Waals surface area contributed by atoms with Gasteiger partial charge in [-0.2, -0.15) is 5.26 Å². The Kier molecular flexibility index (Phi) is 4.97. The van der Waals surface area contributed by atoms with E-state index in [0.717, 1.165) is 12.8 Å². The minimum Gasteiger partial charge on any atom is -0.478 e. The van der Waals surface area contributed by atoms with Crippen molar-refractivity contribution in [1.29, 1.82) is 5.26 Å². The number of nitriles is 1. The summed E-state index contributed by atoms with van der Waals surface area (Å²) in [7, 11) is 0. The van der Waals surface area contributed by atoms with Crippen LogP contribution in [0.25, 0.3) is 11.4 Å². The van der Waals surface area contributed by atoms with E-state index in [1.807, 2.05) is 18.4 Å². The Morgan fingerprint density at radius 2 is 1.90 bits per heavy atom. The molecule has 0 atom stereocenters. The molecular weight excluding hydrogens is 414 g/mol. The van der Waals surface area contributed by atoms with E-state index in [1.165, 1.54) is 18.2 Å². The SMILES string of the molecule is CC(C)(Oc1ccc(F)cc1Cl)c1nnc(-c2ccc(C#N)cc2Cl)n1C1CC1. The molecule has 0 aliphatic heterocycles. The standard InChI is InChI=1S/C21H17Cl2FN4O/c1-21(2,29-18-8-4-13(24)10-17(18)23)20-27-26-19(28(20)14-5-6-14)15-7-3-12(11-25)9-16(15)22/h3-4,7-10,14H,5-6H2,1-2H3. The molecule has 1 fully saturated rings. The van der Waals surface area contributed by atoms with Gasteiger partial charge >= 0.3 is 0 Å². The predicted molar refractivity (Wildman–Crippen MR) is 109 cm³/mol. The van der Waals surface area contributed by atoms with Gasteiger partial charge in [-0.1, -0.05) is 23.2 Å². The number of hydrogen-bond donors (Lipinski definition) is 0. The first-order chi connectivity index (χ1) is 13.8. The lowest BCUT2D eigenvalue weighted by molar-refractivity contribution is 0.0937. The summed E-state index contributed by atoms with van der Waals surface area (Å²) in [5.74, 6) is 1.18. The number of rotatable bonds is 5. The number of nitrogens with zero attached hydrogens (tertiary/aromatic N) is 4. The van der Waals surface area contributed by atoms with Crippen molar-refractivity contribution < 1.29 is 9.13 Å². The van der Waals surface area contributed by atoms with Crippen molar-refractivity contribution in [3.05, 3.63) is 63.6 Å². The summed E-state index contributed by atoms with van der Waals surface area (Å²) >= 11 is 12.5. The van der Waals surface area contributed by atoms with Gasteiger partial charge in [0, 0.05) is 11.6 Å². The van der Waals surface area contributed by atoms with Gasteiger partial charge in [0.25, 0.3) is 0 Å². The predicted octanol–water partition coefficient (Wildman–Crippen LogP) is 5.91. The molecule has 5 nitrogen and oxygen atoms in total. The molecule has 2 aromatic carbocycles. The van der Waals surface area contributed by atoms with Crippen molar-refractivity contribution in [2.24, 2.45) is 0 Å². The first kappa shape index (κ1) is 19.7. The van der Waals surface area contributed by atoms with Crippen LogP contribution in [0.5, 0.6) is 5.75 Å². The Morgan fingerprint density at radius 1 is 1.14 bits per heavy atom. The van der Waals surface area contributed by atoms with E-state index in [1.54, 1.807) is 18.2 Å². The van der Waals surface area contributed by atoms with Crippen LogP contribution in [-0.2, 0) is 5.60 Å². The van der Waals surface area contributed by atoms with E-state index in [0.29, 0.717) is 33.5 Å². The second-order valence-corrected chi connectivity index (χ2v) is 8.26. The molecule has 1 heterocycles. The normalized spacial score (nSPS) is 13.9. The van der Waals surface area contributed by atoms with Crippen LogP contribution in [-0.4, -0.2) is 14.8 Å². The number of hydrogen-bond acceptors (Lipinski definition) is 4. The molecule has 0 N–H and O–H groups in total. The lowest BCUT2D eigenvalue weighted by Crippen LogP contribution is -2.30. The number of aromatic nitrogens is 3. The molecule has 1 aromatic heterocycles. The lowest BCUT2D eigenvalue weighted by Gasteiger charge is -2.27. The molecule has 148 valence electrons. The van der Waals surface area contributed by atoms with E-state index in [9.17, 15) is 4.39 Å². The fourth-order valence-electron chi connectivity index (χ4n) is 3.21. The summed E-state index contributed by atoms with van der Waals surface area (Å²) in [5, 5.41) is 18.5. The van der Waals surface area contributed by atoms with Gasteiger partial charge in [0.1, 0.15) is 11.6 Å². The smallest absolute Gasteiger partial charge is 0.177 e. The fourth-order valence-corrected chi connectivity index (χ4v) is 3.68. The first-order valence-electron chi connectivity index (χ1n) is 9.09. The van der Waals surface area contributed by atoms with Gasteiger partial charge in [0.15, 0.2) is 17.2 Å². The van der Waals surface area contributed by atoms with Crippen LogP contribution in [0.2, 0.25) is 10.0 Å². The fraction of sp³-hybridized carbons (Fsp3) is 0.286. The summed E-state index contributed by atoms with van der Waals surface area (Å²) in [6.07, 6.45) is 2.00. The maximum atomic E-state index is 13.4. The highest BCUT2D eigenvalue weighted by atomic mass is 35.5. The minimum absolute atomic E-state index is 0.186. The zero-order valence-electron chi connectivity index (χ0n) is 15.8. The van der Waals surface area contributed by atoms with Crippen molar-refractivity contribution in [2.45, 2.75) is 38.3 Å². The molecule has 1 saturated carbocycles. The van der Waals surface area contributed by atoms with Gasteiger partial charge < -0.3 is 9.30 Å². The molecule has 0 unspecified atom stereocenters. The average Bonchev–Trinajstić information content (AvgIpc) is 3.41. The lowest BCUT2D eigenvalue weighted by atomic mass is 10.1. The zero-order valence-corrected chi connectivity index (χ0v) is 17.3. The van der Waals surface area contributed by atoms with Crippen LogP contribution in [0, 0.1) is 17.1 Å². The molecule has 0 bridgehead atoms. The summed E-state index contributed by atoms with van der Waals surface area (Å²) in [4.78, 5) is 0. The van der Waals surface area contributed by atoms with Crippen molar-refractivity contribution in [3.8, 4) is 23.2 Å². The quantitative estimate of drug-likeness (QED) is 0.504. The molecular formula is C21H17Cl2FN4O. The van der Waals surface area contributed by atoms with Crippen molar-refractivity contribution in [1.82, 2.24) is 14.8 Å². The van der Waals surface area contributed by atoms with Gasteiger partial charge in [-0.15, -0.1) is 10.2 Å². The highest BCUT2D eigenvalue weighted by Crippen LogP contribution is 2.43. The highest BCUT2D eigenvalue weighted by molar-refractivity contribution is 6.33. The third-order valence-electron chi connectivity index (χ3n) is 4.74. The van der Waals surface area contributed by atoms with Gasteiger partial charge in [-0.3, -0.25) is 0 Å². The second-order valence-electron chi connectivity index (χ2n) is 7.44. The van der Waals surface area contributed by atoms with Gasteiger partial charge in [-0.05, 0) is 63.1 Å². The molecule has 0 amide bonds. The molecule has 29 heavy (non-hydrogen) atoms. The molecule has 4 rings (SSSR count). The van der Waals surface area contributed by atoms with E-state index in [-0.39, 0.29) is 11.1 Å². The van der Waals surface area contributed by atoms with Gasteiger partial charge in [-0.25, -0.2) is 4.39 Å². The maximum absolute atomic E-state index is 13.4. The van der Waals surface area contributed by atoms with Crippen LogP contribution in [0.1, 0.15) is 44.1 Å². The Morgan fingerprint density at radius 3 is 2.52 bits per heavy atom. The third kappa shape index (κ3) is 3.81. The van der Waals surface area contributed by atoms with E-state index < -0.39 is 11.4 Å². The molecule has 1 aliphatic carbocycles. The zero-order chi connectivity index (χ0) is 20.8. The molecule has 3 aromatic rings. The van der Waals surface area contributed by atoms with Crippen LogP contribution < -0.4 is 4.74 Å². The van der Waals surface area contributed by atoms with Crippen molar-refractivity contribution in [3.63, 3.8) is 0 Å². The van der Waals surface area contributed by atoms with E-state index in [2.05, 4.69) is 16.3 Å². The van der Waals surface area contributed by atoms with E-state index >= 15 is 0 Å². The number of halogens is 3. The molecule has 8 heteroatoms. The largest absolute Gasteiger partial charge is 0.478 e. The Labute approximate surface area is 177 Å². The molecule has 0 saturated heterocycles. The Hall–Kier alpha value is -2.62. The topological polar surface area (TPSA) is 63.7 Å². The van der Waals surface area contributed by atoms with E-state index in [4.69, 9.17) is 33.2 Å². The second kappa shape index (κ2) is 7.33. The summed E-state index contributed by atoms with van der Waals surface area (Å²) in [6, 6.07) is 11.4. The van der Waals surface area contributed by atoms with Crippen LogP contribution in [0.4, 0.5) is 4.39 Å². The van der Waals surface area contributed by atoms with Crippen LogP contribution in [0.15, 0.2) is 36.4 Å². The summed E-state index contributed by atoms with van der Waals surface area (Å²) in [6.45, 7) is 3.72. The average molecular weight is 431 g/mol. The minimum atomic E-state index is -0.881. The molecule has 1 aliphatic rings.